The largest absolute Gasteiger partial charge is 0.361 e. The third kappa shape index (κ3) is 2.47. The molecule has 1 aromatic heterocycles. The fraction of sp³-hybridized carbons (Fsp3) is 0.158. The number of carbonyl (C=O) groups is 2. The SMILES string of the molecule is O=C(CCN1C(=O)c2ccccc2C1c1c[nH]c2ccccc12)NO. The van der Waals surface area contributed by atoms with E-state index in [0.29, 0.717) is 5.56 Å². The van der Waals surface area contributed by atoms with Gasteiger partial charge in [0.1, 0.15) is 0 Å². The van der Waals surface area contributed by atoms with Crippen molar-refractivity contribution in [1.29, 1.82) is 0 Å². The number of fused-ring (bicyclic) bond motifs is 2. The van der Waals surface area contributed by atoms with Crippen LogP contribution in [-0.2, 0) is 4.79 Å². The van der Waals surface area contributed by atoms with E-state index in [2.05, 4.69) is 4.98 Å². The van der Waals surface area contributed by atoms with Crippen LogP contribution < -0.4 is 5.48 Å². The molecule has 1 atom stereocenters. The van der Waals surface area contributed by atoms with Gasteiger partial charge in [-0.3, -0.25) is 14.8 Å². The minimum atomic E-state index is -0.513. The first kappa shape index (κ1) is 15.4. The number of hydrogen-bond donors (Lipinski definition) is 3. The van der Waals surface area contributed by atoms with Crippen LogP contribution in [0, 0.1) is 0 Å². The van der Waals surface area contributed by atoms with Crippen LogP contribution in [0.3, 0.4) is 0 Å². The van der Waals surface area contributed by atoms with E-state index in [-0.39, 0.29) is 24.9 Å². The summed E-state index contributed by atoms with van der Waals surface area (Å²) in [5, 5.41) is 9.78. The maximum Gasteiger partial charge on any atom is 0.255 e. The molecular formula is C19H17N3O3. The summed E-state index contributed by atoms with van der Waals surface area (Å²) in [7, 11) is 0. The van der Waals surface area contributed by atoms with Gasteiger partial charge in [-0.05, 0) is 17.7 Å². The molecule has 6 heteroatoms. The van der Waals surface area contributed by atoms with Crippen LogP contribution in [0.4, 0.5) is 0 Å². The summed E-state index contributed by atoms with van der Waals surface area (Å²) in [6, 6.07) is 15.2. The third-order valence-corrected chi connectivity index (χ3v) is 4.68. The summed E-state index contributed by atoms with van der Waals surface area (Å²) in [4.78, 5) is 29.2. The van der Waals surface area contributed by atoms with Crippen molar-refractivity contribution in [1.82, 2.24) is 15.4 Å². The van der Waals surface area contributed by atoms with Crippen molar-refractivity contribution in [2.75, 3.05) is 6.54 Å². The van der Waals surface area contributed by atoms with E-state index in [4.69, 9.17) is 5.21 Å². The Bertz CT molecular complexity index is 963. The lowest BCUT2D eigenvalue weighted by molar-refractivity contribution is -0.129. The quantitative estimate of drug-likeness (QED) is 0.506. The lowest BCUT2D eigenvalue weighted by atomic mass is 9.97. The molecule has 0 spiro atoms. The normalized spacial score (nSPS) is 16.3. The Labute approximate surface area is 144 Å². The highest BCUT2D eigenvalue weighted by Crippen LogP contribution is 2.40. The van der Waals surface area contributed by atoms with E-state index in [0.717, 1.165) is 22.0 Å². The molecule has 126 valence electrons. The summed E-state index contributed by atoms with van der Waals surface area (Å²) < 4.78 is 0. The molecule has 0 radical (unpaired) electrons. The Morgan fingerprint density at radius 2 is 1.88 bits per heavy atom. The molecular weight excluding hydrogens is 318 g/mol. The zero-order valence-electron chi connectivity index (χ0n) is 13.4. The number of hydrogen-bond acceptors (Lipinski definition) is 3. The number of rotatable bonds is 4. The van der Waals surface area contributed by atoms with Crippen molar-refractivity contribution < 1.29 is 14.8 Å². The highest BCUT2D eigenvalue weighted by atomic mass is 16.5. The average molecular weight is 335 g/mol. The summed E-state index contributed by atoms with van der Waals surface area (Å²) in [5.41, 5.74) is 5.21. The van der Waals surface area contributed by atoms with Crippen LogP contribution in [0.25, 0.3) is 10.9 Å². The second kappa shape index (κ2) is 6.07. The molecule has 3 N–H and O–H groups in total. The number of aromatic amines is 1. The number of para-hydroxylation sites is 1. The predicted octanol–water partition coefficient (Wildman–Crippen LogP) is 2.61. The van der Waals surface area contributed by atoms with E-state index in [1.807, 2.05) is 54.7 Å². The number of carbonyl (C=O) groups excluding carboxylic acids is 2. The minimum Gasteiger partial charge on any atom is -0.361 e. The van der Waals surface area contributed by atoms with Gasteiger partial charge in [-0.15, -0.1) is 0 Å². The predicted molar refractivity (Wildman–Crippen MR) is 92.2 cm³/mol. The molecule has 2 amide bonds. The van der Waals surface area contributed by atoms with Gasteiger partial charge in [-0.2, -0.15) is 0 Å². The molecule has 6 nitrogen and oxygen atoms in total. The molecule has 2 aromatic carbocycles. The van der Waals surface area contributed by atoms with Crippen molar-refractivity contribution >= 4 is 22.7 Å². The molecule has 0 fully saturated rings. The molecule has 0 aliphatic carbocycles. The standard InChI is InChI=1S/C19H17N3O3/c23-17(21-25)9-10-22-18(13-6-1-2-7-14(13)19(22)24)15-11-20-16-8-4-3-5-12(15)16/h1-8,11,18,20,25H,9-10H2,(H,21,23). The zero-order chi connectivity index (χ0) is 17.4. The smallest absolute Gasteiger partial charge is 0.255 e. The molecule has 1 unspecified atom stereocenters. The summed E-state index contributed by atoms with van der Waals surface area (Å²) >= 11 is 0. The molecule has 1 aliphatic heterocycles. The van der Waals surface area contributed by atoms with E-state index in [1.54, 1.807) is 10.4 Å². The van der Waals surface area contributed by atoms with Gasteiger partial charge in [0.05, 0.1) is 6.04 Å². The molecule has 0 saturated heterocycles. The van der Waals surface area contributed by atoms with E-state index < -0.39 is 5.91 Å². The Morgan fingerprint density at radius 3 is 2.72 bits per heavy atom. The first-order valence-electron chi connectivity index (χ1n) is 8.09. The Balaban J connectivity index is 1.81. The monoisotopic (exact) mass is 335 g/mol. The van der Waals surface area contributed by atoms with E-state index in [9.17, 15) is 9.59 Å². The van der Waals surface area contributed by atoms with Gasteiger partial charge in [0, 0.05) is 41.2 Å². The van der Waals surface area contributed by atoms with Gasteiger partial charge in [-0.1, -0.05) is 36.4 Å². The lowest BCUT2D eigenvalue weighted by Crippen LogP contribution is -2.33. The van der Waals surface area contributed by atoms with Crippen LogP contribution >= 0.6 is 0 Å². The number of aromatic nitrogens is 1. The van der Waals surface area contributed by atoms with E-state index >= 15 is 0 Å². The van der Waals surface area contributed by atoms with Crippen molar-refractivity contribution in [3.8, 4) is 0 Å². The van der Waals surface area contributed by atoms with Crippen molar-refractivity contribution in [2.45, 2.75) is 12.5 Å². The van der Waals surface area contributed by atoms with Crippen molar-refractivity contribution in [2.24, 2.45) is 0 Å². The highest BCUT2D eigenvalue weighted by Gasteiger charge is 2.38. The van der Waals surface area contributed by atoms with Crippen LogP contribution in [0.2, 0.25) is 0 Å². The van der Waals surface area contributed by atoms with Gasteiger partial charge in [0.2, 0.25) is 5.91 Å². The van der Waals surface area contributed by atoms with Gasteiger partial charge in [0.15, 0.2) is 0 Å². The molecule has 0 bridgehead atoms. The maximum atomic E-state index is 12.9. The number of hydroxylamine groups is 1. The zero-order valence-corrected chi connectivity index (χ0v) is 13.4. The maximum absolute atomic E-state index is 12.9. The average Bonchev–Trinajstić information content (AvgIpc) is 3.19. The number of nitrogens with one attached hydrogen (secondary N) is 2. The van der Waals surface area contributed by atoms with Gasteiger partial charge in [-0.25, -0.2) is 5.48 Å². The summed E-state index contributed by atoms with van der Waals surface area (Å²) in [6.45, 7) is 0.226. The number of benzene rings is 2. The molecule has 0 saturated carbocycles. The minimum absolute atomic E-state index is 0.0368. The Kier molecular flexibility index (Phi) is 3.74. The third-order valence-electron chi connectivity index (χ3n) is 4.68. The first-order chi connectivity index (χ1) is 12.2. The molecule has 4 rings (SSSR count). The van der Waals surface area contributed by atoms with Crippen LogP contribution in [0.15, 0.2) is 54.7 Å². The van der Waals surface area contributed by atoms with Gasteiger partial charge >= 0.3 is 0 Å². The number of amides is 2. The number of nitrogens with zero attached hydrogens (tertiary/aromatic N) is 1. The van der Waals surface area contributed by atoms with Crippen LogP contribution in [0.1, 0.15) is 33.9 Å². The second-order valence-corrected chi connectivity index (χ2v) is 6.06. The Morgan fingerprint density at radius 1 is 1.12 bits per heavy atom. The molecule has 1 aliphatic rings. The van der Waals surface area contributed by atoms with Gasteiger partial charge in [0.25, 0.3) is 5.91 Å². The topological polar surface area (TPSA) is 85.4 Å². The van der Waals surface area contributed by atoms with Gasteiger partial charge < -0.3 is 9.88 Å². The fourth-order valence-corrected chi connectivity index (χ4v) is 3.53. The number of H-pyrrole nitrogens is 1. The molecule has 3 aromatic rings. The lowest BCUT2D eigenvalue weighted by Gasteiger charge is -2.25. The van der Waals surface area contributed by atoms with Crippen LogP contribution in [0.5, 0.6) is 0 Å². The van der Waals surface area contributed by atoms with Crippen LogP contribution in [-0.4, -0.2) is 33.5 Å². The highest BCUT2D eigenvalue weighted by molar-refractivity contribution is 6.01. The summed E-state index contributed by atoms with van der Waals surface area (Å²) in [5.74, 6) is -0.613. The van der Waals surface area contributed by atoms with E-state index in [1.165, 1.54) is 0 Å². The second-order valence-electron chi connectivity index (χ2n) is 6.06. The first-order valence-corrected chi connectivity index (χ1v) is 8.09. The summed E-state index contributed by atoms with van der Waals surface area (Å²) in [6.07, 6.45) is 1.96. The fourth-order valence-electron chi connectivity index (χ4n) is 3.53. The Hall–Kier alpha value is -3.12. The van der Waals surface area contributed by atoms with Crippen molar-refractivity contribution in [3.63, 3.8) is 0 Å². The molecule has 2 heterocycles. The van der Waals surface area contributed by atoms with Crippen molar-refractivity contribution in [3.05, 3.63) is 71.4 Å². The molecule has 25 heavy (non-hydrogen) atoms.